The van der Waals surface area contributed by atoms with Crippen molar-refractivity contribution in [2.45, 2.75) is 0 Å². The van der Waals surface area contributed by atoms with E-state index in [1.807, 2.05) is 0 Å². The van der Waals surface area contributed by atoms with Crippen molar-refractivity contribution >= 4 is 45.3 Å². The van der Waals surface area contributed by atoms with Gasteiger partial charge in [0.25, 0.3) is 0 Å². The van der Waals surface area contributed by atoms with Crippen molar-refractivity contribution in [2.75, 3.05) is 4.93 Å². The van der Waals surface area contributed by atoms with Crippen LogP contribution in [-0.2, 0) is 0 Å². The van der Waals surface area contributed by atoms with E-state index in [-0.39, 0.29) is 0 Å². The third-order valence-corrected chi connectivity index (χ3v) is 3.71. The number of hydrogen-bond donors (Lipinski definition) is 0. The van der Waals surface area contributed by atoms with E-state index in [1.165, 1.54) is 0 Å². The van der Waals surface area contributed by atoms with Gasteiger partial charge in [-0.05, 0) is 27.5 Å². The van der Waals surface area contributed by atoms with Gasteiger partial charge in [-0.25, -0.2) is 0 Å². The molecule has 0 aromatic carbocycles. The van der Waals surface area contributed by atoms with E-state index in [4.69, 9.17) is 0 Å². The molecule has 0 saturated carbocycles. The van der Waals surface area contributed by atoms with Crippen molar-refractivity contribution in [1.29, 1.82) is 0 Å². The maximum Gasteiger partial charge on any atom is 0.00582 e. The van der Waals surface area contributed by atoms with Crippen LogP contribution in [0.3, 0.4) is 0 Å². The van der Waals surface area contributed by atoms with Gasteiger partial charge in [0.1, 0.15) is 0 Å². The molecule has 0 bridgehead atoms. The molecule has 0 aliphatic carbocycles. The standard InChI is InChI=1S/C2H4I2/c1-4-2-3/h2H,1H3. The maximum atomic E-state index is 2.28. The van der Waals surface area contributed by atoms with Crippen LogP contribution in [-0.4, -0.2) is 6.95 Å². The first-order valence-electron chi connectivity index (χ1n) is 0.814. The Morgan fingerprint density at radius 2 is 2.25 bits per heavy atom. The predicted octanol–water partition coefficient (Wildman–Crippen LogP) is 1.78. The predicted molar refractivity (Wildman–Crippen MR) is 40.0 cm³/mol. The molecule has 0 atom stereocenters. The van der Waals surface area contributed by atoms with Crippen LogP contribution in [0.25, 0.3) is 0 Å². The fourth-order valence-electron chi connectivity index (χ4n) is 0. The Morgan fingerprint density at radius 1 is 2.00 bits per heavy atom. The van der Waals surface area contributed by atoms with Crippen LogP contribution in [0.2, 0.25) is 0 Å². The largest absolute Gasteiger partial charge is 0.120 e. The fourth-order valence-corrected chi connectivity index (χ4v) is 0. The summed E-state index contributed by atoms with van der Waals surface area (Å²) in [6, 6.07) is 0. The highest BCUT2D eigenvalue weighted by atomic mass is 127. The number of rotatable bonds is 0. The highest BCUT2D eigenvalue weighted by molar-refractivity contribution is 14.2. The molecule has 0 aliphatic rings. The number of hydrogen-bond acceptors (Lipinski definition) is 0. The summed E-state index contributed by atoms with van der Waals surface area (Å²) in [5.41, 5.74) is 0. The summed E-state index contributed by atoms with van der Waals surface area (Å²) in [5.74, 6) is 0. The van der Waals surface area contributed by atoms with Crippen LogP contribution in [0.1, 0.15) is 0 Å². The third kappa shape index (κ3) is 3.33. The molecule has 0 aromatic heterocycles. The quantitative estimate of drug-likeness (QED) is 0.469. The van der Waals surface area contributed by atoms with Crippen LogP contribution in [0.15, 0.2) is 0 Å². The lowest BCUT2D eigenvalue weighted by Crippen LogP contribution is -1.21. The minimum Gasteiger partial charge on any atom is -0.120 e. The third-order valence-electron chi connectivity index (χ3n) is 0.0825. The second-order valence-corrected chi connectivity index (χ2v) is 5.18. The van der Waals surface area contributed by atoms with E-state index >= 15 is 0 Å². The SMILES string of the molecule is CI=CI. The zero-order valence-electron chi connectivity index (χ0n) is 2.33. The van der Waals surface area contributed by atoms with Gasteiger partial charge in [-0.2, -0.15) is 0 Å². The normalized spacial score (nSPS) is 11.5. The molecule has 0 aliphatic heterocycles. The minimum atomic E-state index is 0.472. The second kappa shape index (κ2) is 4.33. The average molecular weight is 282 g/mol. The molecule has 0 fully saturated rings. The Labute approximate surface area is 49.9 Å². The van der Waals surface area contributed by atoms with Gasteiger partial charge in [0, 0.05) is 2.02 Å². The summed E-state index contributed by atoms with van der Waals surface area (Å²) in [5, 5.41) is 0. The first-order valence-corrected chi connectivity index (χ1v) is 5.46. The summed E-state index contributed by atoms with van der Waals surface area (Å²) in [6.07, 6.45) is 0. The molecule has 0 nitrogen and oxygen atoms in total. The summed E-state index contributed by atoms with van der Waals surface area (Å²) < 4.78 is 2.20. The van der Waals surface area contributed by atoms with Gasteiger partial charge in [0.2, 0.25) is 0 Å². The first kappa shape index (κ1) is 5.33. The Morgan fingerprint density at radius 3 is 2.25 bits per heavy atom. The smallest absolute Gasteiger partial charge is 0.00582 e. The highest BCUT2D eigenvalue weighted by Crippen LogP contribution is 1.84. The molecule has 0 aromatic rings. The Hall–Kier alpha value is 1.33. The molecule has 0 radical (unpaired) electrons. The van der Waals surface area contributed by atoms with E-state index in [1.54, 1.807) is 0 Å². The van der Waals surface area contributed by atoms with E-state index in [2.05, 4.69) is 29.5 Å². The summed E-state index contributed by atoms with van der Waals surface area (Å²) in [4.78, 5) is 2.23. The molecular weight excluding hydrogens is 278 g/mol. The molecule has 0 N–H and O–H groups in total. The van der Waals surface area contributed by atoms with Crippen molar-refractivity contribution < 1.29 is 0 Å². The monoisotopic (exact) mass is 282 g/mol. The Balaban J connectivity index is 2.55. The van der Waals surface area contributed by atoms with Crippen molar-refractivity contribution in [3.63, 3.8) is 0 Å². The van der Waals surface area contributed by atoms with Crippen LogP contribution < -0.4 is 0 Å². The topological polar surface area (TPSA) is 0 Å². The minimum absolute atomic E-state index is 0.472. The molecule has 0 amide bonds. The Kier molecular flexibility index (Phi) is 5.77. The number of alkyl halides is 1. The van der Waals surface area contributed by atoms with Crippen LogP contribution in [0.4, 0.5) is 0 Å². The zero-order chi connectivity index (χ0) is 3.41. The van der Waals surface area contributed by atoms with Gasteiger partial charge in [0.05, 0.1) is 0 Å². The van der Waals surface area contributed by atoms with Gasteiger partial charge in [-0.3, -0.25) is 0 Å². The lowest BCUT2D eigenvalue weighted by Gasteiger charge is -1.46. The summed E-state index contributed by atoms with van der Waals surface area (Å²) in [7, 11) is 0. The van der Waals surface area contributed by atoms with Crippen molar-refractivity contribution in [1.82, 2.24) is 0 Å². The molecule has 2 heteroatoms. The van der Waals surface area contributed by atoms with E-state index < -0.39 is 0 Å². The van der Waals surface area contributed by atoms with Crippen LogP contribution >= 0.6 is 43.3 Å². The lowest BCUT2D eigenvalue weighted by atomic mass is 12.0. The molecule has 0 saturated heterocycles. The van der Waals surface area contributed by atoms with Crippen LogP contribution in [0, 0.1) is 0 Å². The molecule has 0 spiro atoms. The van der Waals surface area contributed by atoms with E-state index in [0.29, 0.717) is 20.7 Å². The van der Waals surface area contributed by atoms with Gasteiger partial charge in [-0.1, -0.05) is 0 Å². The highest BCUT2D eigenvalue weighted by Gasteiger charge is 1.37. The molecule has 0 heterocycles. The maximum absolute atomic E-state index is 2.28. The summed E-state index contributed by atoms with van der Waals surface area (Å²) in [6.45, 7) is 0. The molecule has 0 unspecified atom stereocenters. The lowest BCUT2D eigenvalue weighted by molar-refractivity contribution is 2.66. The second-order valence-electron chi connectivity index (χ2n) is 0.301. The average Bonchev–Trinajstić information content (AvgIpc) is 1.37. The van der Waals surface area contributed by atoms with E-state index in [9.17, 15) is 0 Å². The molecule has 4 heavy (non-hydrogen) atoms. The number of halogens is 2. The van der Waals surface area contributed by atoms with Gasteiger partial charge in [-0.15, -0.1) is 20.7 Å². The Bertz CT molecular complexity index is 19.2. The van der Waals surface area contributed by atoms with Crippen molar-refractivity contribution in [3.8, 4) is 0 Å². The molecular formula is C2H4I2. The van der Waals surface area contributed by atoms with Crippen molar-refractivity contribution in [2.24, 2.45) is 0 Å². The zero-order valence-corrected chi connectivity index (χ0v) is 6.65. The molecule has 0 rings (SSSR count). The van der Waals surface area contributed by atoms with E-state index in [0.717, 1.165) is 0 Å². The first-order chi connectivity index (χ1) is 1.91. The summed E-state index contributed by atoms with van der Waals surface area (Å²) >= 11 is 2.75. The van der Waals surface area contributed by atoms with Gasteiger partial charge < -0.3 is 0 Å². The van der Waals surface area contributed by atoms with Crippen molar-refractivity contribution in [3.05, 3.63) is 0 Å². The molecule has 26 valence electrons. The van der Waals surface area contributed by atoms with Gasteiger partial charge in [0.15, 0.2) is 0 Å². The fraction of sp³-hybridized carbons (Fsp3) is 0.500. The van der Waals surface area contributed by atoms with Crippen LogP contribution in [0.5, 0.6) is 0 Å². The van der Waals surface area contributed by atoms with Gasteiger partial charge >= 0.3 is 0 Å².